The molecule has 2 heterocycles. The van der Waals surface area contributed by atoms with Crippen molar-refractivity contribution in [3.05, 3.63) is 46.5 Å². The molecule has 1 N–H and O–H groups in total. The van der Waals surface area contributed by atoms with Crippen molar-refractivity contribution in [3.8, 4) is 23.0 Å². The summed E-state index contributed by atoms with van der Waals surface area (Å²) in [7, 11) is 5.33. The molecule has 0 fully saturated rings. The molecule has 4 rings (SSSR count). The number of carbonyl (C=O) groups excluding carboxylic acids is 1. The van der Waals surface area contributed by atoms with Gasteiger partial charge in [-0.2, -0.15) is 0 Å². The Balaban J connectivity index is 0.000000628. The second-order valence-corrected chi connectivity index (χ2v) is 7.41. The number of carboxylic acids is 1. The molecule has 0 radical (unpaired) electrons. The number of likely N-dealkylation sites (N-methyl/N-ethyl adjacent to an activating group) is 1. The Kier molecular flexibility index (Phi) is 7.02. The number of benzene rings is 2. The van der Waals surface area contributed by atoms with Crippen LogP contribution in [0.3, 0.4) is 0 Å². The van der Waals surface area contributed by atoms with Gasteiger partial charge in [0.05, 0.1) is 14.2 Å². The molecule has 31 heavy (non-hydrogen) atoms. The number of nitrogens with zero attached hydrogens (tertiary/aromatic N) is 1. The molecule has 0 aliphatic carbocycles. The highest BCUT2D eigenvalue weighted by Crippen LogP contribution is 2.38. The van der Waals surface area contributed by atoms with E-state index in [-0.39, 0.29) is 12.6 Å². The first-order chi connectivity index (χ1) is 14.8. The van der Waals surface area contributed by atoms with E-state index < -0.39 is 5.97 Å². The van der Waals surface area contributed by atoms with Crippen molar-refractivity contribution in [1.82, 2.24) is 4.90 Å². The van der Waals surface area contributed by atoms with Crippen molar-refractivity contribution in [1.29, 1.82) is 0 Å². The largest absolute Gasteiger partial charge is 0.493 e. The van der Waals surface area contributed by atoms with Crippen molar-refractivity contribution in [2.75, 3.05) is 34.6 Å². The summed E-state index contributed by atoms with van der Waals surface area (Å²) in [6.07, 6.45) is 1.06. The number of ether oxygens (including phenoxy) is 4. The Hall–Kier alpha value is -3.26. The van der Waals surface area contributed by atoms with Crippen molar-refractivity contribution in [2.45, 2.75) is 26.3 Å². The Morgan fingerprint density at radius 3 is 2.42 bits per heavy atom. The van der Waals surface area contributed by atoms with E-state index in [2.05, 4.69) is 11.9 Å². The summed E-state index contributed by atoms with van der Waals surface area (Å²) in [4.78, 5) is 24.4. The first kappa shape index (κ1) is 22.4. The van der Waals surface area contributed by atoms with E-state index in [1.165, 1.54) is 0 Å². The fourth-order valence-corrected chi connectivity index (χ4v) is 3.75. The predicted molar refractivity (Wildman–Crippen MR) is 113 cm³/mol. The number of aliphatic carboxylic acids is 1. The highest BCUT2D eigenvalue weighted by Gasteiger charge is 2.25. The van der Waals surface area contributed by atoms with E-state index in [1.54, 1.807) is 14.2 Å². The lowest BCUT2D eigenvalue weighted by Crippen LogP contribution is -2.24. The Labute approximate surface area is 181 Å². The van der Waals surface area contributed by atoms with Gasteiger partial charge in [0, 0.05) is 37.6 Å². The van der Waals surface area contributed by atoms with Gasteiger partial charge in [-0.15, -0.1) is 0 Å². The normalized spacial score (nSPS) is 15.2. The molecule has 0 spiro atoms. The third kappa shape index (κ3) is 5.08. The molecule has 166 valence electrons. The third-order valence-corrected chi connectivity index (χ3v) is 5.19. The molecule has 8 heteroatoms. The number of fused-ring (bicyclic) bond motifs is 3. The maximum Gasteiger partial charge on any atom is 0.300 e. The molecule has 2 aromatic rings. The van der Waals surface area contributed by atoms with Crippen LogP contribution in [-0.2, 0) is 24.2 Å². The van der Waals surface area contributed by atoms with Gasteiger partial charge in [-0.3, -0.25) is 9.59 Å². The molecule has 0 amide bonds. The van der Waals surface area contributed by atoms with Crippen LogP contribution in [0.15, 0.2) is 24.3 Å². The fraction of sp³-hybridized carbons (Fsp3) is 0.391. The number of carboxylic acid groups (broad SMARTS) is 1. The number of ketones is 1. The Morgan fingerprint density at radius 2 is 1.77 bits per heavy atom. The van der Waals surface area contributed by atoms with Crippen LogP contribution >= 0.6 is 0 Å². The molecule has 0 aromatic heterocycles. The highest BCUT2D eigenvalue weighted by atomic mass is 16.7. The summed E-state index contributed by atoms with van der Waals surface area (Å²) in [6.45, 7) is 2.77. The van der Waals surface area contributed by atoms with E-state index in [1.807, 2.05) is 24.3 Å². The third-order valence-electron chi connectivity index (χ3n) is 5.19. The van der Waals surface area contributed by atoms with Crippen molar-refractivity contribution in [3.63, 3.8) is 0 Å². The zero-order chi connectivity index (χ0) is 22.5. The molecule has 0 unspecified atom stereocenters. The topological polar surface area (TPSA) is 94.5 Å². The van der Waals surface area contributed by atoms with Gasteiger partial charge < -0.3 is 29.0 Å². The molecule has 2 aliphatic rings. The van der Waals surface area contributed by atoms with Crippen LogP contribution in [-0.4, -0.2) is 56.4 Å². The molecule has 8 nitrogen and oxygen atoms in total. The summed E-state index contributed by atoms with van der Waals surface area (Å²) in [5.41, 5.74) is 3.65. The summed E-state index contributed by atoms with van der Waals surface area (Å²) in [6, 6.07) is 7.58. The molecule has 0 saturated heterocycles. The summed E-state index contributed by atoms with van der Waals surface area (Å²) >= 11 is 0. The number of methoxy groups -OCH3 is 2. The second-order valence-electron chi connectivity index (χ2n) is 7.41. The highest BCUT2D eigenvalue weighted by molar-refractivity contribution is 6.00. The van der Waals surface area contributed by atoms with Crippen molar-refractivity contribution >= 4 is 11.8 Å². The molecular formula is C23H27NO7. The number of hydrogen-bond acceptors (Lipinski definition) is 7. The van der Waals surface area contributed by atoms with Gasteiger partial charge in [0.25, 0.3) is 5.97 Å². The first-order valence-electron chi connectivity index (χ1n) is 9.90. The zero-order valence-corrected chi connectivity index (χ0v) is 18.2. The van der Waals surface area contributed by atoms with Gasteiger partial charge in [0.1, 0.15) is 0 Å². The summed E-state index contributed by atoms with van der Waals surface area (Å²) in [5, 5.41) is 7.42. The van der Waals surface area contributed by atoms with Gasteiger partial charge in [-0.05, 0) is 42.8 Å². The number of Topliss-reactive ketones (excluding diaryl/α,β-unsaturated/α-hetero) is 1. The minimum absolute atomic E-state index is 0.0707. The van der Waals surface area contributed by atoms with E-state index in [9.17, 15) is 4.79 Å². The van der Waals surface area contributed by atoms with Crippen molar-refractivity contribution in [2.24, 2.45) is 0 Å². The number of rotatable bonds is 2. The first-order valence-corrected chi connectivity index (χ1v) is 9.90. The molecule has 0 atom stereocenters. The lowest BCUT2D eigenvalue weighted by atomic mass is 9.92. The molecular weight excluding hydrogens is 402 g/mol. The van der Waals surface area contributed by atoms with E-state index in [0.29, 0.717) is 41.5 Å². The summed E-state index contributed by atoms with van der Waals surface area (Å²) < 4.78 is 22.0. The predicted octanol–water partition coefficient (Wildman–Crippen LogP) is 2.94. The molecule has 2 aromatic carbocycles. The van der Waals surface area contributed by atoms with Gasteiger partial charge >= 0.3 is 0 Å². The molecule has 0 bridgehead atoms. The smallest absolute Gasteiger partial charge is 0.300 e. The average molecular weight is 429 g/mol. The lowest BCUT2D eigenvalue weighted by Gasteiger charge is -2.24. The SMILES string of the molecule is CC(=O)O.COc1ccc2c(c1OC)CN(C)CCc1cc3c(cc1C(=O)C2)OCO3. The van der Waals surface area contributed by atoms with Crippen molar-refractivity contribution < 1.29 is 33.6 Å². The van der Waals surface area contributed by atoms with Crippen LogP contribution < -0.4 is 18.9 Å². The Bertz CT molecular complexity index is 982. The van der Waals surface area contributed by atoms with Crippen LogP contribution in [0.2, 0.25) is 0 Å². The molecule has 2 aliphatic heterocycles. The zero-order valence-electron chi connectivity index (χ0n) is 18.2. The molecule has 0 saturated carbocycles. The van der Waals surface area contributed by atoms with Gasteiger partial charge in [0.2, 0.25) is 6.79 Å². The quantitative estimate of drug-likeness (QED) is 0.779. The van der Waals surface area contributed by atoms with Crippen LogP contribution in [0.25, 0.3) is 0 Å². The maximum absolute atomic E-state index is 13.1. The van der Waals surface area contributed by atoms with E-state index in [4.69, 9.17) is 28.8 Å². The van der Waals surface area contributed by atoms with Crippen LogP contribution in [0.4, 0.5) is 0 Å². The number of carbonyl (C=O) groups is 2. The van der Waals surface area contributed by atoms with Crippen LogP contribution in [0, 0.1) is 0 Å². The van der Waals surface area contributed by atoms with Gasteiger partial charge in [0.15, 0.2) is 28.8 Å². The monoisotopic (exact) mass is 429 g/mol. The van der Waals surface area contributed by atoms with E-state index in [0.717, 1.165) is 36.6 Å². The fourth-order valence-electron chi connectivity index (χ4n) is 3.75. The Morgan fingerprint density at radius 1 is 1.10 bits per heavy atom. The van der Waals surface area contributed by atoms with Crippen LogP contribution in [0.5, 0.6) is 23.0 Å². The second kappa shape index (κ2) is 9.70. The minimum Gasteiger partial charge on any atom is -0.493 e. The summed E-state index contributed by atoms with van der Waals surface area (Å²) in [5.74, 6) is 1.97. The van der Waals surface area contributed by atoms with Gasteiger partial charge in [-0.1, -0.05) is 6.07 Å². The van der Waals surface area contributed by atoms with Crippen LogP contribution in [0.1, 0.15) is 34.0 Å². The standard InChI is InChI=1S/C21H23NO5.C2H4O2/c1-22-7-6-14-9-19-20(27-12-26-19)10-15(14)17(23)8-13-4-5-18(24-2)21(25-3)16(13)11-22;1-2(3)4/h4-5,9-10H,6-8,11-12H2,1-3H3;1H3,(H,3,4). The van der Waals surface area contributed by atoms with E-state index >= 15 is 0 Å². The van der Waals surface area contributed by atoms with Gasteiger partial charge in [-0.25, -0.2) is 0 Å². The minimum atomic E-state index is -0.833. The lowest BCUT2D eigenvalue weighted by molar-refractivity contribution is -0.134. The number of hydrogen-bond donors (Lipinski definition) is 1. The average Bonchev–Trinajstić information content (AvgIpc) is 3.19. The maximum atomic E-state index is 13.1.